The maximum atomic E-state index is 12.1. The van der Waals surface area contributed by atoms with Crippen molar-refractivity contribution in [3.8, 4) is 5.19 Å². The van der Waals surface area contributed by atoms with Gasteiger partial charge in [0.05, 0.1) is 7.11 Å². The van der Waals surface area contributed by atoms with Crippen LogP contribution in [0.15, 0.2) is 0 Å². The second-order valence-electron chi connectivity index (χ2n) is 2.75. The normalized spacial score (nSPS) is 14.0. The van der Waals surface area contributed by atoms with Crippen LogP contribution in [0.1, 0.15) is 4.88 Å². The quantitative estimate of drug-likeness (QED) is 0.907. The lowest BCUT2D eigenvalue weighted by Crippen LogP contribution is -2.38. The van der Waals surface area contributed by atoms with E-state index in [1.807, 2.05) is 0 Å². The molecule has 0 saturated carbocycles. The summed E-state index contributed by atoms with van der Waals surface area (Å²) >= 11 is 6.57. The molecule has 0 aliphatic rings. The summed E-state index contributed by atoms with van der Waals surface area (Å²) in [5, 5.41) is 0.237. The van der Waals surface area contributed by atoms with Crippen molar-refractivity contribution in [2.24, 2.45) is 5.73 Å². The minimum Gasteiger partial charge on any atom is -0.473 e. The van der Waals surface area contributed by atoms with Crippen molar-refractivity contribution < 1.29 is 17.9 Å². The van der Waals surface area contributed by atoms with Crippen molar-refractivity contribution in [1.29, 1.82) is 0 Å². The Bertz CT molecular complexity index is 341. The molecule has 1 heterocycles. The first-order valence-corrected chi connectivity index (χ1v) is 5.05. The van der Waals surface area contributed by atoms with Gasteiger partial charge in [0, 0.05) is 11.3 Å². The highest BCUT2D eigenvalue weighted by molar-refractivity contribution is 7.13. The number of aromatic nitrogens is 1. The van der Waals surface area contributed by atoms with Gasteiger partial charge in [-0.25, -0.2) is 0 Å². The molecule has 1 unspecified atom stereocenters. The molecule has 2 N–H and O–H groups in total. The molecule has 0 aromatic carbocycles. The first-order chi connectivity index (χ1) is 6.84. The van der Waals surface area contributed by atoms with Gasteiger partial charge in [-0.3, -0.25) is 0 Å². The first kappa shape index (κ1) is 12.5. The molecule has 0 aliphatic carbocycles. The van der Waals surface area contributed by atoms with Crippen molar-refractivity contribution >= 4 is 22.9 Å². The summed E-state index contributed by atoms with van der Waals surface area (Å²) in [7, 11) is 1.36. The molecule has 1 atom stereocenters. The monoisotopic (exact) mass is 260 g/mol. The van der Waals surface area contributed by atoms with Crippen molar-refractivity contribution in [3.63, 3.8) is 0 Å². The lowest BCUT2D eigenvalue weighted by atomic mass is 10.2. The Balaban J connectivity index is 2.76. The fourth-order valence-corrected chi connectivity index (χ4v) is 1.99. The minimum atomic E-state index is -4.43. The van der Waals surface area contributed by atoms with E-state index in [0.717, 1.165) is 11.3 Å². The smallest absolute Gasteiger partial charge is 0.403 e. The van der Waals surface area contributed by atoms with E-state index in [0.29, 0.717) is 0 Å². The third kappa shape index (κ3) is 3.22. The predicted molar refractivity (Wildman–Crippen MR) is 51.4 cm³/mol. The van der Waals surface area contributed by atoms with Gasteiger partial charge < -0.3 is 10.5 Å². The van der Waals surface area contributed by atoms with Crippen LogP contribution < -0.4 is 10.5 Å². The van der Waals surface area contributed by atoms with Crippen LogP contribution in [-0.2, 0) is 6.42 Å². The molecule has 0 fully saturated rings. The summed E-state index contributed by atoms with van der Waals surface area (Å²) in [6.45, 7) is 0. The van der Waals surface area contributed by atoms with Crippen molar-refractivity contribution in [2.45, 2.75) is 18.6 Å². The van der Waals surface area contributed by atoms with Crippen LogP contribution in [0.5, 0.6) is 5.19 Å². The van der Waals surface area contributed by atoms with Crippen LogP contribution in [0.3, 0.4) is 0 Å². The highest BCUT2D eigenvalue weighted by Gasteiger charge is 2.37. The molecular formula is C7H8ClF3N2OS. The standard InChI is InChI=1S/C7H8ClF3N2OS/c1-14-6-13-5(8)3(15-6)2-4(12)7(9,10)11/h4H,2,12H2,1H3. The van der Waals surface area contributed by atoms with E-state index in [1.54, 1.807) is 0 Å². The van der Waals surface area contributed by atoms with E-state index in [4.69, 9.17) is 22.1 Å². The lowest BCUT2D eigenvalue weighted by Gasteiger charge is -2.13. The molecule has 0 radical (unpaired) electrons. The van der Waals surface area contributed by atoms with Crippen LogP contribution in [0.4, 0.5) is 13.2 Å². The van der Waals surface area contributed by atoms with Crippen LogP contribution in [-0.4, -0.2) is 24.3 Å². The molecule has 0 spiro atoms. The highest BCUT2D eigenvalue weighted by Crippen LogP contribution is 2.31. The van der Waals surface area contributed by atoms with Crippen LogP contribution in [0.25, 0.3) is 0 Å². The number of halogens is 4. The highest BCUT2D eigenvalue weighted by atomic mass is 35.5. The molecule has 15 heavy (non-hydrogen) atoms. The zero-order chi connectivity index (χ0) is 11.6. The van der Waals surface area contributed by atoms with E-state index in [2.05, 4.69) is 4.98 Å². The summed E-state index contributed by atoms with van der Waals surface area (Å²) in [6, 6.07) is -1.93. The molecule has 0 amide bonds. The molecule has 1 aromatic rings. The van der Waals surface area contributed by atoms with Crippen LogP contribution in [0, 0.1) is 0 Å². The minimum absolute atomic E-state index is 0.0107. The fraction of sp³-hybridized carbons (Fsp3) is 0.571. The summed E-state index contributed by atoms with van der Waals surface area (Å²) in [4.78, 5) is 3.98. The number of thiazole rings is 1. The Morgan fingerprint density at radius 3 is 2.60 bits per heavy atom. The van der Waals surface area contributed by atoms with E-state index in [-0.39, 0.29) is 21.6 Å². The molecule has 86 valence electrons. The summed E-state index contributed by atoms with van der Waals surface area (Å²) in [5.74, 6) is 0. The molecule has 0 aliphatic heterocycles. The van der Waals surface area contributed by atoms with Gasteiger partial charge in [-0.05, 0) is 0 Å². The van der Waals surface area contributed by atoms with Gasteiger partial charge >= 0.3 is 6.18 Å². The fourth-order valence-electron chi connectivity index (χ4n) is 0.841. The largest absolute Gasteiger partial charge is 0.473 e. The Labute approximate surface area is 93.0 Å². The summed E-state index contributed by atoms with van der Waals surface area (Å²) in [6.07, 6.45) is -4.82. The number of rotatable bonds is 3. The van der Waals surface area contributed by atoms with Crippen molar-refractivity contribution in [1.82, 2.24) is 4.98 Å². The van der Waals surface area contributed by atoms with Gasteiger partial charge in [0.2, 0.25) is 0 Å². The number of nitrogens with zero attached hydrogens (tertiary/aromatic N) is 1. The third-order valence-corrected chi connectivity index (χ3v) is 3.09. The Kier molecular flexibility index (Phi) is 3.80. The topological polar surface area (TPSA) is 48.1 Å². The zero-order valence-electron chi connectivity index (χ0n) is 7.64. The predicted octanol–water partition coefficient (Wildman–Crippen LogP) is 2.24. The van der Waals surface area contributed by atoms with Gasteiger partial charge in [-0.15, -0.1) is 0 Å². The number of hydrogen-bond acceptors (Lipinski definition) is 4. The summed E-state index contributed by atoms with van der Waals surface area (Å²) in [5.41, 5.74) is 4.96. The van der Waals surface area contributed by atoms with Gasteiger partial charge in [0.25, 0.3) is 5.19 Å². The average Bonchev–Trinajstić information content (AvgIpc) is 2.45. The maximum Gasteiger partial charge on any atom is 0.403 e. The second-order valence-corrected chi connectivity index (χ2v) is 4.15. The lowest BCUT2D eigenvalue weighted by molar-refractivity contribution is -0.147. The Hall–Kier alpha value is -0.530. The second kappa shape index (κ2) is 4.54. The zero-order valence-corrected chi connectivity index (χ0v) is 9.21. The van der Waals surface area contributed by atoms with Gasteiger partial charge in [0.1, 0.15) is 11.2 Å². The Morgan fingerprint density at radius 2 is 2.20 bits per heavy atom. The number of methoxy groups -OCH3 is 1. The van der Waals surface area contributed by atoms with Crippen molar-refractivity contribution in [2.75, 3.05) is 7.11 Å². The molecule has 0 saturated heterocycles. The molecule has 0 bridgehead atoms. The average molecular weight is 261 g/mol. The molecule has 1 rings (SSSR count). The van der Waals surface area contributed by atoms with E-state index in [1.165, 1.54) is 7.11 Å². The van der Waals surface area contributed by atoms with E-state index >= 15 is 0 Å². The number of ether oxygens (including phenoxy) is 1. The molecule has 3 nitrogen and oxygen atoms in total. The Morgan fingerprint density at radius 1 is 1.60 bits per heavy atom. The van der Waals surface area contributed by atoms with Crippen molar-refractivity contribution in [3.05, 3.63) is 10.0 Å². The van der Waals surface area contributed by atoms with E-state index < -0.39 is 12.2 Å². The van der Waals surface area contributed by atoms with Crippen LogP contribution in [0.2, 0.25) is 5.15 Å². The van der Waals surface area contributed by atoms with Gasteiger partial charge in [-0.2, -0.15) is 18.2 Å². The maximum absolute atomic E-state index is 12.1. The SMILES string of the molecule is COc1nc(Cl)c(CC(N)C(F)(F)F)s1. The number of nitrogens with two attached hydrogens (primary N) is 1. The van der Waals surface area contributed by atoms with Gasteiger partial charge in [-0.1, -0.05) is 22.9 Å². The summed E-state index contributed by atoms with van der Waals surface area (Å²) < 4.78 is 41.2. The molecular weight excluding hydrogens is 253 g/mol. The molecule has 8 heteroatoms. The third-order valence-electron chi connectivity index (χ3n) is 1.63. The number of alkyl halides is 3. The number of hydrogen-bond donors (Lipinski definition) is 1. The first-order valence-electron chi connectivity index (χ1n) is 3.86. The van der Waals surface area contributed by atoms with Gasteiger partial charge in [0.15, 0.2) is 0 Å². The molecule has 1 aromatic heterocycles. The van der Waals surface area contributed by atoms with Crippen LogP contribution >= 0.6 is 22.9 Å². The van der Waals surface area contributed by atoms with E-state index in [9.17, 15) is 13.2 Å².